The van der Waals surface area contributed by atoms with Crippen molar-refractivity contribution in [2.75, 3.05) is 0 Å². The van der Waals surface area contributed by atoms with Crippen LogP contribution in [-0.4, -0.2) is 83.3 Å². The van der Waals surface area contributed by atoms with Crippen LogP contribution in [0.3, 0.4) is 0 Å². The van der Waals surface area contributed by atoms with Crippen molar-refractivity contribution in [3.63, 3.8) is 0 Å². The predicted octanol–water partition coefficient (Wildman–Crippen LogP) is 3.95. The highest BCUT2D eigenvalue weighted by atomic mass is 16.5. The van der Waals surface area contributed by atoms with E-state index < -0.39 is 70.3 Å². The molecule has 1 aromatic carbocycles. The van der Waals surface area contributed by atoms with Gasteiger partial charge < -0.3 is 40.5 Å². The van der Waals surface area contributed by atoms with Crippen LogP contribution in [0, 0.1) is 45.8 Å². The number of phenolic OH excluding ortho intramolecular Hbond substituents is 2. The molecule has 0 aromatic heterocycles. The molecule has 1 heterocycles. The van der Waals surface area contributed by atoms with Gasteiger partial charge in [0.1, 0.15) is 17.6 Å². The largest absolute Gasteiger partial charge is 0.508 e. The van der Waals surface area contributed by atoms with Crippen LogP contribution >= 0.6 is 0 Å². The third-order valence-electron chi connectivity index (χ3n) is 14.7. The van der Waals surface area contributed by atoms with Crippen LogP contribution in [-0.2, 0) is 9.53 Å². The molecular weight excluding hydrogens is 600 g/mol. The van der Waals surface area contributed by atoms with Crippen LogP contribution < -0.4 is 0 Å². The van der Waals surface area contributed by atoms with Crippen LogP contribution in [0.2, 0.25) is 0 Å². The standard InChI is InChI=1S/C38H54O9/c1-18(2)19(3)29(43)33-36(6,45)32-26(47-33)16-38(46)23-14-24(41)28-27(20-11-21(39)13-22(40)12-20)30(44)25(42)15-34(28,4)31(23)37(9-7-8-10-37)17-35(32,38)5/h11-14,18-19,25-33,39-40,42-46H,7-10,15-17H2,1-6H3. The molecule has 7 N–H and O–H groups in total. The molecule has 9 heteroatoms. The van der Waals surface area contributed by atoms with Crippen molar-refractivity contribution >= 4 is 5.78 Å². The van der Waals surface area contributed by atoms with Crippen LogP contribution in [0.5, 0.6) is 11.5 Å². The lowest BCUT2D eigenvalue weighted by Crippen LogP contribution is -2.68. The van der Waals surface area contributed by atoms with Crippen molar-refractivity contribution in [1.29, 1.82) is 0 Å². The first kappa shape index (κ1) is 33.5. The number of aromatic hydroxyl groups is 2. The topological polar surface area (TPSA) is 168 Å². The number of ether oxygens (including phenoxy) is 1. The lowest BCUT2D eigenvalue weighted by Gasteiger charge is -2.67. The number of aliphatic hydroxyl groups is 5. The first-order valence-corrected chi connectivity index (χ1v) is 17.8. The minimum absolute atomic E-state index is 0.112. The van der Waals surface area contributed by atoms with Gasteiger partial charge in [-0.05, 0) is 90.5 Å². The van der Waals surface area contributed by atoms with Crippen LogP contribution in [0.1, 0.15) is 98.0 Å². The number of benzene rings is 1. The maximum atomic E-state index is 14.6. The summed E-state index contributed by atoms with van der Waals surface area (Å²) in [5.41, 5.74) is -3.95. The molecule has 14 atom stereocenters. The van der Waals surface area contributed by atoms with Gasteiger partial charge in [0, 0.05) is 35.7 Å². The Kier molecular flexibility index (Phi) is 7.48. The lowest BCUT2D eigenvalue weighted by atomic mass is 9.37. The number of hydrogen-bond acceptors (Lipinski definition) is 9. The van der Waals surface area contributed by atoms with E-state index in [0.29, 0.717) is 17.6 Å². The highest BCUT2D eigenvalue weighted by Gasteiger charge is 2.79. The van der Waals surface area contributed by atoms with Gasteiger partial charge in [0.05, 0.1) is 35.6 Å². The number of hydrogen-bond donors (Lipinski definition) is 7. The Bertz CT molecular complexity index is 1460. The van der Waals surface area contributed by atoms with Crippen molar-refractivity contribution in [2.24, 2.45) is 45.8 Å². The van der Waals surface area contributed by atoms with E-state index in [2.05, 4.69) is 0 Å². The Balaban J connectivity index is 1.37. The van der Waals surface area contributed by atoms with E-state index in [4.69, 9.17) is 4.74 Å². The smallest absolute Gasteiger partial charge is 0.160 e. The summed E-state index contributed by atoms with van der Waals surface area (Å²) in [6, 6.07) is 4.08. The van der Waals surface area contributed by atoms with Crippen molar-refractivity contribution in [3.8, 4) is 11.5 Å². The molecule has 0 amide bonds. The molecule has 0 bridgehead atoms. The van der Waals surface area contributed by atoms with Gasteiger partial charge in [0.25, 0.3) is 0 Å². The SMILES string of the molecule is CC(C)C(C)C(O)C1OC2CC3(O)C4=CC(=O)C5C(c6cc(O)cc(O)c6)C(O)C(O)CC5(C)C4C4(CCCC4)CC3(C)C2C1(C)O. The second-order valence-electron chi connectivity index (χ2n) is 17.6. The van der Waals surface area contributed by atoms with Gasteiger partial charge >= 0.3 is 0 Å². The summed E-state index contributed by atoms with van der Waals surface area (Å²) in [7, 11) is 0. The van der Waals surface area contributed by atoms with Crippen LogP contribution in [0.25, 0.3) is 0 Å². The number of ketones is 1. The fourth-order valence-corrected chi connectivity index (χ4v) is 12.8. The summed E-state index contributed by atoms with van der Waals surface area (Å²) in [5.74, 6) is -3.01. The normalized spacial score (nSPS) is 48.1. The number of aliphatic hydroxyl groups excluding tert-OH is 3. The monoisotopic (exact) mass is 654 g/mol. The fourth-order valence-electron chi connectivity index (χ4n) is 12.8. The van der Waals surface area contributed by atoms with Gasteiger partial charge in [0.15, 0.2) is 5.78 Å². The Hall–Kier alpha value is -2.01. The number of allylic oxidation sites excluding steroid dienone is 1. The molecule has 0 radical (unpaired) electrons. The summed E-state index contributed by atoms with van der Waals surface area (Å²) >= 11 is 0. The second-order valence-corrected chi connectivity index (χ2v) is 17.6. The first-order chi connectivity index (χ1) is 21.8. The third-order valence-corrected chi connectivity index (χ3v) is 14.7. The van der Waals surface area contributed by atoms with Crippen LogP contribution in [0.15, 0.2) is 29.8 Å². The van der Waals surface area contributed by atoms with E-state index in [1.165, 1.54) is 18.2 Å². The van der Waals surface area contributed by atoms with E-state index in [0.717, 1.165) is 25.7 Å². The van der Waals surface area contributed by atoms with E-state index in [9.17, 15) is 40.5 Å². The molecule has 1 aromatic rings. The predicted molar refractivity (Wildman–Crippen MR) is 173 cm³/mol. The highest BCUT2D eigenvalue weighted by Crippen LogP contribution is 2.77. The van der Waals surface area contributed by atoms with E-state index in [-0.39, 0.29) is 53.3 Å². The number of fused-ring (bicyclic) bond motifs is 8. The summed E-state index contributed by atoms with van der Waals surface area (Å²) < 4.78 is 6.58. The maximum absolute atomic E-state index is 14.6. The van der Waals surface area contributed by atoms with Gasteiger partial charge in [-0.3, -0.25) is 4.79 Å². The summed E-state index contributed by atoms with van der Waals surface area (Å²) in [6.45, 7) is 11.9. The van der Waals surface area contributed by atoms with Gasteiger partial charge in [-0.2, -0.15) is 0 Å². The Morgan fingerprint density at radius 3 is 2.15 bits per heavy atom. The number of phenols is 2. The fraction of sp³-hybridized carbons (Fsp3) is 0.763. The lowest BCUT2D eigenvalue weighted by molar-refractivity contribution is -0.203. The Morgan fingerprint density at radius 2 is 1.55 bits per heavy atom. The molecule has 1 saturated heterocycles. The van der Waals surface area contributed by atoms with Crippen molar-refractivity contribution < 1.29 is 45.3 Å². The quantitative estimate of drug-likeness (QED) is 0.254. The van der Waals surface area contributed by atoms with Crippen molar-refractivity contribution in [3.05, 3.63) is 35.4 Å². The maximum Gasteiger partial charge on any atom is 0.160 e. The molecule has 47 heavy (non-hydrogen) atoms. The zero-order valence-electron chi connectivity index (χ0n) is 28.6. The van der Waals surface area contributed by atoms with E-state index >= 15 is 0 Å². The summed E-state index contributed by atoms with van der Waals surface area (Å²) in [6.07, 6.45) is 1.55. The van der Waals surface area contributed by atoms with Gasteiger partial charge in [-0.25, -0.2) is 0 Å². The molecule has 5 aliphatic carbocycles. The zero-order valence-corrected chi connectivity index (χ0v) is 28.6. The minimum Gasteiger partial charge on any atom is -0.508 e. The molecule has 1 spiro atoms. The van der Waals surface area contributed by atoms with Gasteiger partial charge in [0.2, 0.25) is 0 Å². The molecule has 7 rings (SSSR count). The molecule has 4 saturated carbocycles. The third kappa shape index (κ3) is 4.32. The van der Waals surface area contributed by atoms with E-state index in [1.807, 2.05) is 34.6 Å². The Morgan fingerprint density at radius 1 is 0.936 bits per heavy atom. The minimum atomic E-state index is -1.48. The molecule has 260 valence electrons. The molecule has 5 fully saturated rings. The number of carbonyl (C=O) groups excluding carboxylic acids is 1. The molecule has 6 aliphatic rings. The summed E-state index contributed by atoms with van der Waals surface area (Å²) in [4.78, 5) is 14.6. The Labute approximate surface area is 277 Å². The number of rotatable bonds is 4. The van der Waals surface area contributed by atoms with Gasteiger partial charge in [-0.1, -0.05) is 47.5 Å². The first-order valence-electron chi connectivity index (χ1n) is 17.8. The van der Waals surface area contributed by atoms with Crippen molar-refractivity contribution in [1.82, 2.24) is 0 Å². The van der Waals surface area contributed by atoms with E-state index in [1.54, 1.807) is 13.0 Å². The summed E-state index contributed by atoms with van der Waals surface area (Å²) in [5, 5.41) is 80.6. The zero-order chi connectivity index (χ0) is 34.2. The second kappa shape index (κ2) is 10.5. The molecule has 1 aliphatic heterocycles. The van der Waals surface area contributed by atoms with Crippen LogP contribution in [0.4, 0.5) is 0 Å². The average molecular weight is 655 g/mol. The van der Waals surface area contributed by atoms with Gasteiger partial charge in [-0.15, -0.1) is 0 Å². The number of carbonyl (C=O) groups is 1. The average Bonchev–Trinajstić information content (AvgIpc) is 3.59. The molecule has 14 unspecified atom stereocenters. The molecule has 9 nitrogen and oxygen atoms in total. The highest BCUT2D eigenvalue weighted by molar-refractivity contribution is 5.96. The van der Waals surface area contributed by atoms with Crippen molar-refractivity contribution in [2.45, 2.75) is 134 Å². The molecular formula is C38H54O9.